The molecule has 0 bridgehead atoms. The van der Waals surface area contributed by atoms with E-state index in [-0.39, 0.29) is 0 Å². The van der Waals surface area contributed by atoms with Crippen LogP contribution in [0.1, 0.15) is 19.4 Å². The molecule has 0 fully saturated rings. The maximum absolute atomic E-state index is 5.53. The highest BCUT2D eigenvalue weighted by Crippen LogP contribution is 2.10. The van der Waals surface area contributed by atoms with E-state index >= 15 is 0 Å². The predicted octanol–water partition coefficient (Wildman–Crippen LogP) is 2.96. The Kier molecular flexibility index (Phi) is 5.91. The molecule has 0 saturated heterocycles. The van der Waals surface area contributed by atoms with Gasteiger partial charge in [0.15, 0.2) is 0 Å². The highest BCUT2D eigenvalue weighted by atomic mass is 79.9. The average molecular weight is 272 g/mol. The number of halogens is 1. The molecule has 0 radical (unpaired) electrons. The Hall–Kier alpha value is -0.380. The van der Waals surface area contributed by atoms with Gasteiger partial charge in [-0.15, -0.1) is 0 Å². The van der Waals surface area contributed by atoms with E-state index in [0.717, 1.165) is 17.6 Å². The molecule has 0 aromatic heterocycles. The van der Waals surface area contributed by atoms with Gasteiger partial charge < -0.3 is 10.1 Å². The van der Waals surface area contributed by atoms with E-state index in [9.17, 15) is 0 Å². The summed E-state index contributed by atoms with van der Waals surface area (Å²) in [6, 6.07) is 8.73. The summed E-state index contributed by atoms with van der Waals surface area (Å²) in [6.07, 6.45) is 0. The van der Waals surface area contributed by atoms with E-state index in [0.29, 0.717) is 12.6 Å². The molecule has 0 atom stereocenters. The number of hydrogen-bond donors (Lipinski definition) is 1. The van der Waals surface area contributed by atoms with E-state index in [4.69, 9.17) is 4.74 Å². The Morgan fingerprint density at radius 3 is 2.53 bits per heavy atom. The lowest BCUT2D eigenvalue weighted by Crippen LogP contribution is -2.26. The monoisotopic (exact) mass is 271 g/mol. The molecule has 0 amide bonds. The molecular weight excluding hydrogens is 254 g/mol. The minimum absolute atomic E-state index is 0.529. The van der Waals surface area contributed by atoms with Crippen LogP contribution in [0.25, 0.3) is 0 Å². The number of hydrogen-bond acceptors (Lipinski definition) is 2. The van der Waals surface area contributed by atoms with Crippen molar-refractivity contribution in [1.29, 1.82) is 0 Å². The lowest BCUT2D eigenvalue weighted by atomic mass is 10.2. The van der Waals surface area contributed by atoms with Crippen molar-refractivity contribution < 1.29 is 4.74 Å². The average Bonchev–Trinajstić information content (AvgIpc) is 2.20. The molecule has 1 aromatic rings. The maximum atomic E-state index is 5.53. The third-order valence-corrected chi connectivity index (χ3v) is 2.51. The van der Waals surface area contributed by atoms with Crippen LogP contribution in [0, 0.1) is 0 Å². The zero-order chi connectivity index (χ0) is 11.1. The third-order valence-electron chi connectivity index (χ3n) is 1.98. The number of nitrogens with one attached hydrogen (secondary N) is 1. The van der Waals surface area contributed by atoms with E-state index in [2.05, 4.69) is 47.2 Å². The van der Waals surface area contributed by atoms with Gasteiger partial charge in [-0.25, -0.2) is 0 Å². The van der Waals surface area contributed by atoms with Crippen molar-refractivity contribution in [1.82, 2.24) is 5.32 Å². The van der Waals surface area contributed by atoms with Gasteiger partial charge in [-0.3, -0.25) is 0 Å². The summed E-state index contributed by atoms with van der Waals surface area (Å²) >= 11 is 3.40. The topological polar surface area (TPSA) is 21.3 Å². The lowest BCUT2D eigenvalue weighted by Gasteiger charge is -2.08. The zero-order valence-electron chi connectivity index (χ0n) is 9.29. The van der Waals surface area contributed by atoms with Crippen LogP contribution in [0.2, 0.25) is 0 Å². The van der Waals surface area contributed by atoms with Gasteiger partial charge in [-0.05, 0) is 17.7 Å². The van der Waals surface area contributed by atoms with E-state index in [1.54, 1.807) is 0 Å². The fraction of sp³-hybridized carbons (Fsp3) is 0.500. The normalized spacial score (nSPS) is 10.9. The van der Waals surface area contributed by atoms with Gasteiger partial charge in [0, 0.05) is 17.1 Å². The maximum Gasteiger partial charge on any atom is 0.0717 e. The molecule has 0 unspecified atom stereocenters. The van der Waals surface area contributed by atoms with Gasteiger partial charge >= 0.3 is 0 Å². The lowest BCUT2D eigenvalue weighted by molar-refractivity contribution is 0.121. The van der Waals surface area contributed by atoms with Gasteiger partial charge in [0.2, 0.25) is 0 Å². The van der Waals surface area contributed by atoms with Crippen LogP contribution in [0.4, 0.5) is 0 Å². The minimum Gasteiger partial charge on any atom is -0.375 e. The van der Waals surface area contributed by atoms with Gasteiger partial charge in [0.1, 0.15) is 0 Å². The molecule has 1 rings (SSSR count). The second kappa shape index (κ2) is 6.99. The van der Waals surface area contributed by atoms with Crippen LogP contribution >= 0.6 is 15.9 Å². The van der Waals surface area contributed by atoms with Crippen molar-refractivity contribution in [3.63, 3.8) is 0 Å². The summed E-state index contributed by atoms with van der Waals surface area (Å²) < 4.78 is 6.64. The summed E-state index contributed by atoms with van der Waals surface area (Å²) in [5.41, 5.74) is 1.21. The summed E-state index contributed by atoms with van der Waals surface area (Å²) in [4.78, 5) is 0. The quantitative estimate of drug-likeness (QED) is 0.804. The molecule has 3 heteroatoms. The first-order valence-corrected chi connectivity index (χ1v) is 6.03. The molecule has 0 aliphatic carbocycles. The SMILES string of the molecule is CC(C)NCCOCc1ccc(Br)cc1. The largest absolute Gasteiger partial charge is 0.375 e. The summed E-state index contributed by atoms with van der Waals surface area (Å²) in [7, 11) is 0. The molecule has 0 aliphatic heterocycles. The summed E-state index contributed by atoms with van der Waals surface area (Å²) in [6.45, 7) is 6.62. The smallest absolute Gasteiger partial charge is 0.0717 e. The van der Waals surface area contributed by atoms with Crippen molar-refractivity contribution in [2.75, 3.05) is 13.2 Å². The van der Waals surface area contributed by atoms with Gasteiger partial charge in [0.05, 0.1) is 13.2 Å². The Balaban J connectivity index is 2.12. The Morgan fingerprint density at radius 1 is 1.27 bits per heavy atom. The predicted molar refractivity (Wildman–Crippen MR) is 66.9 cm³/mol. The molecule has 15 heavy (non-hydrogen) atoms. The first-order chi connectivity index (χ1) is 7.18. The van der Waals surface area contributed by atoms with Crippen LogP contribution in [0.15, 0.2) is 28.7 Å². The third kappa shape index (κ3) is 5.92. The van der Waals surface area contributed by atoms with Gasteiger partial charge in [0.25, 0.3) is 0 Å². The van der Waals surface area contributed by atoms with E-state index in [1.165, 1.54) is 5.56 Å². The Bertz CT molecular complexity index is 271. The minimum atomic E-state index is 0.529. The van der Waals surface area contributed by atoms with E-state index < -0.39 is 0 Å². The van der Waals surface area contributed by atoms with Crippen LogP contribution in [0.5, 0.6) is 0 Å². The van der Waals surface area contributed by atoms with Crippen molar-refractivity contribution in [3.05, 3.63) is 34.3 Å². The first-order valence-electron chi connectivity index (χ1n) is 5.24. The highest BCUT2D eigenvalue weighted by Gasteiger charge is 1.94. The van der Waals surface area contributed by atoms with Crippen molar-refractivity contribution >= 4 is 15.9 Å². The van der Waals surface area contributed by atoms with Crippen LogP contribution < -0.4 is 5.32 Å². The van der Waals surface area contributed by atoms with Gasteiger partial charge in [-0.1, -0.05) is 41.9 Å². The van der Waals surface area contributed by atoms with Crippen LogP contribution in [0.3, 0.4) is 0 Å². The van der Waals surface area contributed by atoms with Gasteiger partial charge in [-0.2, -0.15) is 0 Å². The molecule has 0 heterocycles. The molecule has 0 spiro atoms. The second-order valence-electron chi connectivity index (χ2n) is 3.79. The number of benzene rings is 1. The fourth-order valence-corrected chi connectivity index (χ4v) is 1.45. The molecule has 1 N–H and O–H groups in total. The standard InChI is InChI=1S/C12H18BrNO/c1-10(2)14-7-8-15-9-11-3-5-12(13)6-4-11/h3-6,10,14H,7-9H2,1-2H3. The molecule has 1 aromatic carbocycles. The van der Waals surface area contributed by atoms with E-state index in [1.807, 2.05) is 12.1 Å². The highest BCUT2D eigenvalue weighted by molar-refractivity contribution is 9.10. The number of ether oxygens (including phenoxy) is 1. The second-order valence-corrected chi connectivity index (χ2v) is 4.70. The molecule has 0 saturated carbocycles. The summed E-state index contributed by atoms with van der Waals surface area (Å²) in [5, 5.41) is 3.31. The van der Waals surface area contributed by atoms with Crippen LogP contribution in [-0.2, 0) is 11.3 Å². The summed E-state index contributed by atoms with van der Waals surface area (Å²) in [5.74, 6) is 0. The molecule has 84 valence electrons. The van der Waals surface area contributed by atoms with Crippen molar-refractivity contribution in [2.45, 2.75) is 26.5 Å². The first kappa shape index (κ1) is 12.7. The zero-order valence-corrected chi connectivity index (χ0v) is 10.9. The molecule has 2 nitrogen and oxygen atoms in total. The molecule has 0 aliphatic rings. The van der Waals surface area contributed by atoms with Crippen molar-refractivity contribution in [2.24, 2.45) is 0 Å². The Morgan fingerprint density at radius 2 is 1.93 bits per heavy atom. The van der Waals surface area contributed by atoms with Crippen LogP contribution in [-0.4, -0.2) is 19.2 Å². The van der Waals surface area contributed by atoms with Crippen molar-refractivity contribution in [3.8, 4) is 0 Å². The molecular formula is C12H18BrNO. The Labute approximate surface area is 100 Å². The number of rotatable bonds is 6. The fourth-order valence-electron chi connectivity index (χ4n) is 1.19.